The van der Waals surface area contributed by atoms with Crippen molar-refractivity contribution >= 4 is 49.8 Å². The van der Waals surface area contributed by atoms with Crippen LogP contribution in [-0.2, 0) is 0 Å². The maximum atomic E-state index is 6.70. The summed E-state index contributed by atoms with van der Waals surface area (Å²) in [7, 11) is 0. The van der Waals surface area contributed by atoms with Crippen molar-refractivity contribution in [2.24, 2.45) is 0 Å². The van der Waals surface area contributed by atoms with E-state index in [0.29, 0.717) is 0 Å². The Kier molecular flexibility index (Phi) is 5.20. The Morgan fingerprint density at radius 2 is 1.14 bits per heavy atom. The first-order valence-electron chi connectivity index (χ1n) is 14.5. The molecule has 202 valence electrons. The highest BCUT2D eigenvalue weighted by atomic mass is 16.5. The fraction of sp³-hybridized carbons (Fsp3) is 0. The van der Waals surface area contributed by atoms with Crippen LogP contribution in [0.2, 0.25) is 0 Å². The molecule has 3 nitrogen and oxygen atoms in total. The maximum Gasteiger partial charge on any atom is 0.137 e. The highest BCUT2D eigenvalue weighted by molar-refractivity contribution is 6.14. The second-order valence-corrected chi connectivity index (χ2v) is 10.9. The molecule has 0 unspecified atom stereocenters. The van der Waals surface area contributed by atoms with Gasteiger partial charge in [0.25, 0.3) is 0 Å². The normalized spacial score (nSPS) is 11.9. The van der Waals surface area contributed by atoms with E-state index < -0.39 is 0 Å². The van der Waals surface area contributed by atoms with E-state index in [1.165, 1.54) is 22.1 Å². The second-order valence-electron chi connectivity index (χ2n) is 10.9. The van der Waals surface area contributed by atoms with E-state index in [1.54, 1.807) is 0 Å². The lowest BCUT2D eigenvalue weighted by atomic mass is 9.90. The van der Waals surface area contributed by atoms with Crippen LogP contribution in [0.3, 0.4) is 0 Å². The van der Waals surface area contributed by atoms with Crippen LogP contribution >= 0.6 is 0 Å². The summed E-state index contributed by atoms with van der Waals surface area (Å²) in [4.78, 5) is 2.29. The van der Waals surface area contributed by atoms with Gasteiger partial charge in [-0.3, -0.25) is 0 Å². The predicted molar refractivity (Wildman–Crippen MR) is 177 cm³/mol. The molecule has 0 saturated carbocycles. The molecule has 2 heterocycles. The molecule has 1 aromatic heterocycles. The number of rotatable bonds is 4. The molecule has 0 aliphatic carbocycles. The van der Waals surface area contributed by atoms with Crippen molar-refractivity contribution in [2.45, 2.75) is 0 Å². The Balaban J connectivity index is 1.24. The summed E-state index contributed by atoms with van der Waals surface area (Å²) in [5.74, 6) is 1.72. The largest absolute Gasteiger partial charge is 0.456 e. The van der Waals surface area contributed by atoms with Crippen LogP contribution in [0.25, 0.3) is 55.0 Å². The number of hydrogen-bond acceptors (Lipinski definition) is 3. The van der Waals surface area contributed by atoms with Crippen LogP contribution in [0.5, 0.6) is 11.5 Å². The molecule has 43 heavy (non-hydrogen) atoms. The average molecular weight is 552 g/mol. The fourth-order valence-electron chi connectivity index (χ4n) is 6.58. The van der Waals surface area contributed by atoms with Crippen molar-refractivity contribution in [3.8, 4) is 33.8 Å². The van der Waals surface area contributed by atoms with Gasteiger partial charge < -0.3 is 14.1 Å². The molecule has 0 atom stereocenters. The number of para-hydroxylation sites is 2. The van der Waals surface area contributed by atoms with Gasteiger partial charge in [0.05, 0.1) is 11.1 Å². The molecule has 9 rings (SSSR count). The third kappa shape index (κ3) is 3.68. The van der Waals surface area contributed by atoms with Gasteiger partial charge in [0.1, 0.15) is 22.7 Å². The molecule has 0 amide bonds. The number of anilines is 3. The first-order valence-corrected chi connectivity index (χ1v) is 14.5. The van der Waals surface area contributed by atoms with Gasteiger partial charge in [0.2, 0.25) is 0 Å². The Labute approximate surface area is 248 Å². The van der Waals surface area contributed by atoms with E-state index in [1.807, 2.05) is 24.3 Å². The van der Waals surface area contributed by atoms with Crippen molar-refractivity contribution in [3.05, 3.63) is 152 Å². The Bertz CT molecular complexity index is 2320. The monoisotopic (exact) mass is 551 g/mol. The third-order valence-electron chi connectivity index (χ3n) is 8.46. The molecular formula is C40H25NO2. The molecule has 3 heteroatoms. The van der Waals surface area contributed by atoms with Gasteiger partial charge in [0, 0.05) is 33.8 Å². The smallest absolute Gasteiger partial charge is 0.137 e. The molecule has 7 aromatic carbocycles. The Morgan fingerprint density at radius 3 is 2.02 bits per heavy atom. The topological polar surface area (TPSA) is 25.6 Å². The zero-order valence-corrected chi connectivity index (χ0v) is 23.2. The van der Waals surface area contributed by atoms with Gasteiger partial charge in [-0.1, -0.05) is 97.1 Å². The van der Waals surface area contributed by atoms with E-state index in [2.05, 4.69) is 132 Å². The molecular weight excluding hydrogens is 526 g/mol. The summed E-state index contributed by atoms with van der Waals surface area (Å²) < 4.78 is 13.0. The minimum absolute atomic E-state index is 0.843. The zero-order chi connectivity index (χ0) is 28.3. The minimum Gasteiger partial charge on any atom is -0.456 e. The van der Waals surface area contributed by atoms with Crippen LogP contribution in [0.4, 0.5) is 17.1 Å². The lowest BCUT2D eigenvalue weighted by molar-refractivity contribution is 0.487. The zero-order valence-electron chi connectivity index (χ0n) is 23.2. The van der Waals surface area contributed by atoms with E-state index >= 15 is 0 Å². The summed E-state index contributed by atoms with van der Waals surface area (Å²) in [6.45, 7) is 0. The predicted octanol–water partition coefficient (Wildman–Crippen LogP) is 11.6. The fourth-order valence-corrected chi connectivity index (χ4v) is 6.58. The van der Waals surface area contributed by atoms with Gasteiger partial charge in [-0.05, 0) is 70.6 Å². The standard InChI is InChI=1S/C40H25NO2/c1-3-11-26(12-4-1)29-23-24-37-39-31(29)16-9-17-32(39)30-22-21-28(25-38(30)43-37)41(27-13-5-2-6-14-27)34-18-10-20-36-40(34)33-15-7-8-19-35(33)42-36/h1-25H. The van der Waals surface area contributed by atoms with Crippen LogP contribution in [0.1, 0.15) is 0 Å². The van der Waals surface area contributed by atoms with Crippen molar-refractivity contribution in [2.75, 3.05) is 4.90 Å². The van der Waals surface area contributed by atoms with Crippen LogP contribution in [0, 0.1) is 0 Å². The van der Waals surface area contributed by atoms with Gasteiger partial charge in [-0.15, -0.1) is 0 Å². The van der Waals surface area contributed by atoms with Crippen molar-refractivity contribution in [3.63, 3.8) is 0 Å². The first kappa shape index (κ1) is 23.9. The molecule has 0 bridgehead atoms. The molecule has 0 N–H and O–H groups in total. The van der Waals surface area contributed by atoms with Crippen molar-refractivity contribution in [1.82, 2.24) is 0 Å². The molecule has 0 fully saturated rings. The lowest BCUT2D eigenvalue weighted by Crippen LogP contribution is -2.11. The van der Waals surface area contributed by atoms with Crippen molar-refractivity contribution in [1.29, 1.82) is 0 Å². The summed E-state index contributed by atoms with van der Waals surface area (Å²) in [6.07, 6.45) is 0. The summed E-state index contributed by atoms with van der Waals surface area (Å²) in [5, 5.41) is 4.53. The Morgan fingerprint density at radius 1 is 0.419 bits per heavy atom. The lowest BCUT2D eigenvalue weighted by Gasteiger charge is -2.28. The van der Waals surface area contributed by atoms with Gasteiger partial charge >= 0.3 is 0 Å². The molecule has 0 spiro atoms. The van der Waals surface area contributed by atoms with Gasteiger partial charge in [-0.25, -0.2) is 0 Å². The van der Waals surface area contributed by atoms with Crippen LogP contribution in [-0.4, -0.2) is 0 Å². The summed E-state index contributed by atoms with van der Waals surface area (Å²) >= 11 is 0. The molecule has 0 radical (unpaired) electrons. The van der Waals surface area contributed by atoms with Crippen LogP contribution in [0.15, 0.2) is 156 Å². The summed E-state index contributed by atoms with van der Waals surface area (Å²) in [6, 6.07) is 52.9. The number of hydrogen-bond donors (Lipinski definition) is 0. The molecule has 1 aliphatic rings. The highest BCUT2D eigenvalue weighted by Crippen LogP contribution is 2.51. The van der Waals surface area contributed by atoms with E-state index in [-0.39, 0.29) is 0 Å². The molecule has 8 aromatic rings. The highest BCUT2D eigenvalue weighted by Gasteiger charge is 2.25. The first-order chi connectivity index (χ1) is 21.3. The van der Waals surface area contributed by atoms with Gasteiger partial charge in [-0.2, -0.15) is 0 Å². The van der Waals surface area contributed by atoms with Gasteiger partial charge in [0.15, 0.2) is 0 Å². The number of benzene rings is 7. The van der Waals surface area contributed by atoms with E-state index in [4.69, 9.17) is 9.15 Å². The number of nitrogens with zero attached hydrogens (tertiary/aromatic N) is 1. The van der Waals surface area contributed by atoms with E-state index in [9.17, 15) is 0 Å². The van der Waals surface area contributed by atoms with Crippen LogP contribution < -0.4 is 9.64 Å². The third-order valence-corrected chi connectivity index (χ3v) is 8.46. The number of fused-ring (bicyclic) bond motifs is 5. The molecule has 0 saturated heterocycles. The number of furan rings is 1. The quantitative estimate of drug-likeness (QED) is 0.218. The minimum atomic E-state index is 0.843. The van der Waals surface area contributed by atoms with Crippen molar-refractivity contribution < 1.29 is 9.15 Å². The molecule has 1 aliphatic heterocycles. The Hall–Kier alpha value is -5.80. The second kappa shape index (κ2) is 9.37. The number of ether oxygens (including phenoxy) is 1. The van der Waals surface area contributed by atoms with E-state index in [0.717, 1.165) is 61.4 Å². The SMILES string of the molecule is c1ccc(-c2ccc3c4c(cccc24)-c2ccc(N(c4ccccc4)c4cccc5oc6ccccc6c45)cc2O3)cc1. The maximum absolute atomic E-state index is 6.70. The summed E-state index contributed by atoms with van der Waals surface area (Å²) in [5.41, 5.74) is 9.56. The average Bonchev–Trinajstić information content (AvgIpc) is 3.46.